The van der Waals surface area contributed by atoms with Crippen LogP contribution in [0.15, 0.2) is 18.3 Å². The molecule has 0 saturated heterocycles. The molecule has 0 saturated carbocycles. The molecule has 0 aliphatic heterocycles. The summed E-state index contributed by atoms with van der Waals surface area (Å²) < 4.78 is 5.37. The minimum Gasteiger partial charge on any atom is -0.477 e. The molecular weight excluding hydrogens is 178 g/mol. The van der Waals surface area contributed by atoms with E-state index in [0.29, 0.717) is 18.5 Å². The van der Waals surface area contributed by atoms with Crippen molar-refractivity contribution in [2.45, 2.75) is 26.3 Å². The SMILES string of the molecule is CC(C)NCCCOc1cccnn1. The number of nitrogens with zero attached hydrogens (tertiary/aromatic N) is 2. The summed E-state index contributed by atoms with van der Waals surface area (Å²) >= 11 is 0. The number of rotatable bonds is 6. The van der Waals surface area contributed by atoms with Crippen LogP contribution in [-0.4, -0.2) is 29.4 Å². The number of ether oxygens (including phenoxy) is 1. The molecule has 1 heterocycles. The van der Waals surface area contributed by atoms with Gasteiger partial charge in [0.1, 0.15) is 0 Å². The van der Waals surface area contributed by atoms with E-state index in [1.165, 1.54) is 0 Å². The molecule has 1 rings (SSSR count). The van der Waals surface area contributed by atoms with Gasteiger partial charge in [0.15, 0.2) is 0 Å². The van der Waals surface area contributed by atoms with E-state index in [4.69, 9.17) is 4.74 Å². The first-order chi connectivity index (χ1) is 6.79. The fourth-order valence-electron chi connectivity index (χ4n) is 1.00. The maximum Gasteiger partial charge on any atom is 0.233 e. The first-order valence-corrected chi connectivity index (χ1v) is 4.93. The van der Waals surface area contributed by atoms with Crippen molar-refractivity contribution in [3.05, 3.63) is 18.3 Å². The van der Waals surface area contributed by atoms with Gasteiger partial charge in [0.25, 0.3) is 0 Å². The zero-order valence-electron chi connectivity index (χ0n) is 8.73. The fourth-order valence-corrected chi connectivity index (χ4v) is 1.00. The predicted octanol–water partition coefficient (Wildman–Crippen LogP) is 1.24. The number of hydrogen-bond donors (Lipinski definition) is 1. The monoisotopic (exact) mass is 195 g/mol. The summed E-state index contributed by atoms with van der Waals surface area (Å²) in [6.45, 7) is 5.91. The minimum absolute atomic E-state index is 0.534. The van der Waals surface area contributed by atoms with Gasteiger partial charge in [-0.2, -0.15) is 5.10 Å². The van der Waals surface area contributed by atoms with Gasteiger partial charge in [-0.05, 0) is 19.0 Å². The molecule has 1 aromatic heterocycles. The molecule has 0 radical (unpaired) electrons. The Bertz CT molecular complexity index is 238. The second kappa shape index (κ2) is 6.32. The normalized spacial score (nSPS) is 10.5. The van der Waals surface area contributed by atoms with E-state index in [2.05, 4.69) is 29.4 Å². The van der Waals surface area contributed by atoms with E-state index in [1.54, 1.807) is 6.20 Å². The smallest absolute Gasteiger partial charge is 0.233 e. The fraction of sp³-hybridized carbons (Fsp3) is 0.600. The van der Waals surface area contributed by atoms with Crippen LogP contribution in [-0.2, 0) is 0 Å². The molecule has 0 spiro atoms. The lowest BCUT2D eigenvalue weighted by Gasteiger charge is -2.07. The quantitative estimate of drug-likeness (QED) is 0.694. The van der Waals surface area contributed by atoms with Crippen molar-refractivity contribution in [1.82, 2.24) is 15.5 Å². The van der Waals surface area contributed by atoms with Crippen LogP contribution in [0.3, 0.4) is 0 Å². The lowest BCUT2D eigenvalue weighted by molar-refractivity contribution is 0.292. The average Bonchev–Trinajstić information content (AvgIpc) is 2.18. The van der Waals surface area contributed by atoms with E-state index >= 15 is 0 Å². The third-order valence-electron chi connectivity index (χ3n) is 1.67. The van der Waals surface area contributed by atoms with Crippen molar-refractivity contribution in [2.75, 3.05) is 13.2 Å². The summed E-state index contributed by atoms with van der Waals surface area (Å²) in [5.74, 6) is 0.594. The molecule has 0 amide bonds. The van der Waals surface area contributed by atoms with Crippen LogP contribution in [0, 0.1) is 0 Å². The van der Waals surface area contributed by atoms with Crippen LogP contribution in [0.5, 0.6) is 5.88 Å². The van der Waals surface area contributed by atoms with Crippen LogP contribution >= 0.6 is 0 Å². The average molecular weight is 195 g/mol. The second-order valence-corrected chi connectivity index (χ2v) is 3.37. The van der Waals surface area contributed by atoms with Crippen molar-refractivity contribution in [3.63, 3.8) is 0 Å². The van der Waals surface area contributed by atoms with Gasteiger partial charge in [0, 0.05) is 18.3 Å². The van der Waals surface area contributed by atoms with Gasteiger partial charge in [-0.15, -0.1) is 5.10 Å². The molecule has 0 aromatic carbocycles. The first-order valence-electron chi connectivity index (χ1n) is 4.93. The number of hydrogen-bond acceptors (Lipinski definition) is 4. The molecular formula is C10H17N3O. The predicted molar refractivity (Wildman–Crippen MR) is 55.3 cm³/mol. The first kappa shape index (κ1) is 10.9. The summed E-state index contributed by atoms with van der Waals surface area (Å²) in [4.78, 5) is 0. The molecule has 0 fully saturated rings. The zero-order valence-corrected chi connectivity index (χ0v) is 8.73. The highest BCUT2D eigenvalue weighted by atomic mass is 16.5. The Morgan fingerprint density at radius 3 is 3.00 bits per heavy atom. The Hall–Kier alpha value is -1.16. The molecule has 1 N–H and O–H groups in total. The van der Waals surface area contributed by atoms with Gasteiger partial charge < -0.3 is 10.1 Å². The highest BCUT2D eigenvalue weighted by molar-refractivity contribution is 5.04. The Balaban J connectivity index is 2.05. The highest BCUT2D eigenvalue weighted by Crippen LogP contribution is 2.01. The summed E-state index contributed by atoms with van der Waals surface area (Å²) in [6, 6.07) is 4.16. The van der Waals surface area contributed by atoms with Gasteiger partial charge in [-0.3, -0.25) is 0 Å². The maximum absolute atomic E-state index is 5.37. The molecule has 78 valence electrons. The molecule has 0 aliphatic rings. The standard InChI is InChI=1S/C10H17N3O/c1-9(2)11-6-4-8-14-10-5-3-7-12-13-10/h3,5,7,9,11H,4,6,8H2,1-2H3. The summed E-state index contributed by atoms with van der Waals surface area (Å²) in [5.41, 5.74) is 0. The largest absolute Gasteiger partial charge is 0.477 e. The minimum atomic E-state index is 0.534. The number of aromatic nitrogens is 2. The van der Waals surface area contributed by atoms with E-state index < -0.39 is 0 Å². The van der Waals surface area contributed by atoms with Gasteiger partial charge in [0.05, 0.1) is 6.61 Å². The maximum atomic E-state index is 5.37. The number of nitrogens with one attached hydrogen (secondary N) is 1. The molecule has 0 unspecified atom stereocenters. The third-order valence-corrected chi connectivity index (χ3v) is 1.67. The molecule has 0 aliphatic carbocycles. The van der Waals surface area contributed by atoms with Gasteiger partial charge >= 0.3 is 0 Å². The summed E-state index contributed by atoms with van der Waals surface area (Å²) in [5, 5.41) is 10.9. The molecule has 14 heavy (non-hydrogen) atoms. The molecule has 4 heteroatoms. The summed E-state index contributed by atoms with van der Waals surface area (Å²) in [6.07, 6.45) is 2.61. The van der Waals surface area contributed by atoms with E-state index in [-0.39, 0.29) is 0 Å². The van der Waals surface area contributed by atoms with Gasteiger partial charge in [0.2, 0.25) is 5.88 Å². The Morgan fingerprint density at radius 2 is 2.36 bits per heavy atom. The Labute approximate surface area is 84.7 Å². The third kappa shape index (κ3) is 4.77. The van der Waals surface area contributed by atoms with Crippen LogP contribution < -0.4 is 10.1 Å². The lowest BCUT2D eigenvalue weighted by Crippen LogP contribution is -2.24. The lowest BCUT2D eigenvalue weighted by atomic mass is 10.3. The Morgan fingerprint density at radius 1 is 1.50 bits per heavy atom. The van der Waals surface area contributed by atoms with Crippen molar-refractivity contribution >= 4 is 0 Å². The zero-order chi connectivity index (χ0) is 10.2. The topological polar surface area (TPSA) is 47.0 Å². The van der Waals surface area contributed by atoms with Gasteiger partial charge in [-0.1, -0.05) is 13.8 Å². The highest BCUT2D eigenvalue weighted by Gasteiger charge is 1.94. The molecule has 4 nitrogen and oxygen atoms in total. The second-order valence-electron chi connectivity index (χ2n) is 3.37. The van der Waals surface area contributed by atoms with Gasteiger partial charge in [-0.25, -0.2) is 0 Å². The molecule has 1 aromatic rings. The molecule has 0 atom stereocenters. The van der Waals surface area contributed by atoms with Crippen molar-refractivity contribution in [1.29, 1.82) is 0 Å². The Kier molecular flexibility index (Phi) is 4.93. The van der Waals surface area contributed by atoms with Crippen molar-refractivity contribution < 1.29 is 4.74 Å². The van der Waals surface area contributed by atoms with Crippen LogP contribution in [0.25, 0.3) is 0 Å². The van der Waals surface area contributed by atoms with Crippen LogP contribution in [0.2, 0.25) is 0 Å². The van der Waals surface area contributed by atoms with Crippen molar-refractivity contribution in [3.8, 4) is 5.88 Å². The summed E-state index contributed by atoms with van der Waals surface area (Å²) in [7, 11) is 0. The molecule has 0 bridgehead atoms. The van der Waals surface area contributed by atoms with Crippen LogP contribution in [0.1, 0.15) is 20.3 Å². The van der Waals surface area contributed by atoms with E-state index in [9.17, 15) is 0 Å². The van der Waals surface area contributed by atoms with E-state index in [0.717, 1.165) is 13.0 Å². The van der Waals surface area contributed by atoms with Crippen molar-refractivity contribution in [2.24, 2.45) is 0 Å². The van der Waals surface area contributed by atoms with Crippen LogP contribution in [0.4, 0.5) is 0 Å². The van der Waals surface area contributed by atoms with E-state index in [1.807, 2.05) is 12.1 Å².